The Hall–Kier alpha value is -3.94. The third-order valence-corrected chi connectivity index (χ3v) is 9.33. The van der Waals surface area contributed by atoms with Crippen molar-refractivity contribution in [2.45, 2.75) is 57.8 Å². The van der Waals surface area contributed by atoms with Gasteiger partial charge < -0.3 is 9.80 Å². The van der Waals surface area contributed by atoms with Gasteiger partial charge in [-0.15, -0.1) is 0 Å². The van der Waals surface area contributed by atoms with Gasteiger partial charge in [-0.2, -0.15) is 0 Å². The molecule has 41 heavy (non-hydrogen) atoms. The molecule has 8 nitrogen and oxygen atoms in total. The summed E-state index contributed by atoms with van der Waals surface area (Å²) >= 11 is 0. The van der Waals surface area contributed by atoms with Crippen molar-refractivity contribution in [1.29, 1.82) is 0 Å². The fourth-order valence-electron chi connectivity index (χ4n) is 7.43. The second kappa shape index (κ2) is 8.78. The van der Waals surface area contributed by atoms with Crippen molar-refractivity contribution < 1.29 is 9.59 Å². The van der Waals surface area contributed by atoms with E-state index in [-0.39, 0.29) is 22.6 Å². The molecule has 8 heteroatoms. The summed E-state index contributed by atoms with van der Waals surface area (Å²) in [5.74, 6) is 1.09. The van der Waals surface area contributed by atoms with E-state index in [1.807, 2.05) is 58.6 Å². The average molecular weight is 547 g/mol. The predicted molar refractivity (Wildman–Crippen MR) is 156 cm³/mol. The van der Waals surface area contributed by atoms with Crippen molar-refractivity contribution >= 4 is 33.9 Å². The van der Waals surface area contributed by atoms with Gasteiger partial charge in [0.2, 0.25) is 0 Å². The first-order valence-corrected chi connectivity index (χ1v) is 14.9. The summed E-state index contributed by atoms with van der Waals surface area (Å²) in [5, 5.41) is 0. The molecule has 2 bridgehead atoms. The van der Waals surface area contributed by atoms with E-state index < -0.39 is 0 Å². The maximum absolute atomic E-state index is 13.8. The lowest BCUT2D eigenvalue weighted by molar-refractivity contribution is -0.0538. The number of fused-ring (bicyclic) bond motifs is 4. The molecule has 2 aliphatic carbocycles. The van der Waals surface area contributed by atoms with Gasteiger partial charge in [0.05, 0.1) is 33.5 Å². The molecule has 0 atom stereocenters. The molecule has 208 valence electrons. The zero-order chi connectivity index (χ0) is 27.9. The molecule has 0 unspecified atom stereocenters. The molecule has 4 aliphatic rings. The van der Waals surface area contributed by atoms with Crippen LogP contribution >= 0.6 is 0 Å². The first-order chi connectivity index (χ1) is 19.7. The number of carbonyl (C=O) groups is 2. The number of hydrogen-bond donors (Lipinski definition) is 0. The lowest BCUT2D eigenvalue weighted by Gasteiger charge is -2.56. The largest absolute Gasteiger partial charge is 0.337 e. The molecule has 0 spiro atoms. The molecular weight excluding hydrogens is 512 g/mol. The molecular formula is C33H34N6O2. The lowest BCUT2D eigenvalue weighted by atomic mass is 9.65. The molecule has 0 N–H and O–H groups in total. The van der Waals surface area contributed by atoms with Gasteiger partial charge in [-0.05, 0) is 68.5 Å². The number of piperidine rings is 2. The normalized spacial score (nSPS) is 26.0. The minimum absolute atomic E-state index is 0.0297. The van der Waals surface area contributed by atoms with E-state index in [4.69, 9.17) is 9.97 Å². The number of benzene rings is 2. The highest BCUT2D eigenvalue weighted by atomic mass is 16.2. The van der Waals surface area contributed by atoms with Crippen LogP contribution in [-0.2, 0) is 0 Å². The van der Waals surface area contributed by atoms with Gasteiger partial charge in [-0.3, -0.25) is 19.6 Å². The molecule has 2 aromatic carbocycles. The number of amides is 2. The summed E-state index contributed by atoms with van der Waals surface area (Å²) in [7, 11) is 0. The van der Waals surface area contributed by atoms with Crippen LogP contribution in [0.4, 0.5) is 0 Å². The highest BCUT2D eigenvalue weighted by molar-refractivity contribution is 5.98. The quantitative estimate of drug-likeness (QED) is 0.343. The predicted octanol–water partition coefficient (Wildman–Crippen LogP) is 5.34. The fourth-order valence-corrected chi connectivity index (χ4v) is 7.43. The Labute approximate surface area is 239 Å². The van der Waals surface area contributed by atoms with Crippen LogP contribution in [-0.4, -0.2) is 67.7 Å². The second-order valence-electron chi connectivity index (χ2n) is 13.7. The van der Waals surface area contributed by atoms with Crippen molar-refractivity contribution in [1.82, 2.24) is 29.7 Å². The van der Waals surface area contributed by atoms with Gasteiger partial charge in [0, 0.05) is 72.4 Å². The van der Waals surface area contributed by atoms with Crippen LogP contribution in [0.5, 0.6) is 0 Å². The van der Waals surface area contributed by atoms with Crippen LogP contribution in [0, 0.1) is 10.8 Å². The molecule has 4 aromatic rings. The number of rotatable bonds is 4. The van der Waals surface area contributed by atoms with Crippen LogP contribution in [0.2, 0.25) is 0 Å². The summed E-state index contributed by atoms with van der Waals surface area (Å²) < 4.78 is 0. The standard InChI is InChI=1S/C33H34N6O2/c1-32-15-33(2,18-38(16-32)30(40)22-7-9-24-26(11-22)36-28(13-34-24)20-3-4-20)19-39(17-32)31(41)23-8-10-25-27(12-23)37-29(14-35-25)21-5-6-21/h7-14,20-21H,3-6,15-19H2,1-2H3. The Bertz CT molecular complexity index is 1600. The Kier molecular flexibility index (Phi) is 5.31. The van der Waals surface area contributed by atoms with Gasteiger partial charge in [-0.1, -0.05) is 13.8 Å². The Balaban J connectivity index is 1.03. The average Bonchev–Trinajstić information content (AvgIpc) is 3.87. The molecule has 2 aromatic heterocycles. The highest BCUT2D eigenvalue weighted by Crippen LogP contribution is 2.46. The van der Waals surface area contributed by atoms with Crippen LogP contribution < -0.4 is 0 Å². The Morgan fingerprint density at radius 3 is 1.46 bits per heavy atom. The molecule has 8 rings (SSSR count). The zero-order valence-corrected chi connectivity index (χ0v) is 23.6. The number of aromatic nitrogens is 4. The third kappa shape index (κ3) is 4.53. The molecule has 4 fully saturated rings. The number of carbonyl (C=O) groups excluding carboxylic acids is 2. The summed E-state index contributed by atoms with van der Waals surface area (Å²) in [6, 6.07) is 11.4. The number of nitrogens with zero attached hydrogens (tertiary/aromatic N) is 6. The van der Waals surface area contributed by atoms with Gasteiger partial charge >= 0.3 is 0 Å². The van der Waals surface area contributed by atoms with Gasteiger partial charge in [0.1, 0.15) is 0 Å². The highest BCUT2D eigenvalue weighted by Gasteiger charge is 2.50. The van der Waals surface area contributed by atoms with E-state index in [9.17, 15) is 9.59 Å². The second-order valence-corrected chi connectivity index (χ2v) is 13.7. The molecule has 2 saturated carbocycles. The summed E-state index contributed by atoms with van der Waals surface area (Å²) in [4.78, 5) is 50.4. The molecule has 0 radical (unpaired) electrons. The zero-order valence-electron chi connectivity index (χ0n) is 23.6. The van der Waals surface area contributed by atoms with Gasteiger partial charge in [-0.25, -0.2) is 9.97 Å². The van der Waals surface area contributed by atoms with Crippen molar-refractivity contribution in [3.8, 4) is 0 Å². The van der Waals surface area contributed by atoms with E-state index in [1.165, 1.54) is 25.7 Å². The van der Waals surface area contributed by atoms with Crippen LogP contribution in [0.1, 0.15) is 89.9 Å². The fraction of sp³-hybridized carbons (Fsp3) is 0.455. The van der Waals surface area contributed by atoms with Gasteiger partial charge in [0.15, 0.2) is 0 Å². The van der Waals surface area contributed by atoms with Crippen LogP contribution in [0.3, 0.4) is 0 Å². The third-order valence-electron chi connectivity index (χ3n) is 9.33. The van der Waals surface area contributed by atoms with E-state index in [0.29, 0.717) is 49.1 Å². The molecule has 2 aliphatic heterocycles. The van der Waals surface area contributed by atoms with E-state index >= 15 is 0 Å². The summed E-state index contributed by atoms with van der Waals surface area (Å²) in [6.07, 6.45) is 9.39. The molecule has 4 heterocycles. The minimum Gasteiger partial charge on any atom is -0.337 e. The minimum atomic E-state index is -0.192. The molecule has 2 saturated heterocycles. The topological polar surface area (TPSA) is 92.2 Å². The van der Waals surface area contributed by atoms with Crippen LogP contribution in [0.25, 0.3) is 22.1 Å². The van der Waals surface area contributed by atoms with E-state index in [1.54, 1.807) is 0 Å². The monoisotopic (exact) mass is 546 g/mol. The van der Waals surface area contributed by atoms with Crippen molar-refractivity contribution in [3.63, 3.8) is 0 Å². The smallest absolute Gasteiger partial charge is 0.253 e. The Morgan fingerprint density at radius 1 is 0.659 bits per heavy atom. The summed E-state index contributed by atoms with van der Waals surface area (Å²) in [6.45, 7) is 6.89. The molecule has 2 amide bonds. The first-order valence-electron chi connectivity index (χ1n) is 14.9. The van der Waals surface area contributed by atoms with Crippen molar-refractivity contribution in [3.05, 3.63) is 71.3 Å². The van der Waals surface area contributed by atoms with Gasteiger partial charge in [0.25, 0.3) is 11.8 Å². The number of likely N-dealkylation sites (tertiary alicyclic amines) is 2. The maximum Gasteiger partial charge on any atom is 0.253 e. The maximum atomic E-state index is 13.8. The first kappa shape index (κ1) is 24.8. The van der Waals surface area contributed by atoms with Crippen molar-refractivity contribution in [2.24, 2.45) is 10.8 Å². The van der Waals surface area contributed by atoms with Crippen LogP contribution in [0.15, 0.2) is 48.8 Å². The lowest BCUT2D eigenvalue weighted by Crippen LogP contribution is -2.64. The SMILES string of the molecule is CC12CN(C(=O)c3ccc4ncc(C5CC5)nc4c3)CC(C)(CN(C(=O)c3ccc4ncc(C5CC5)nc4c3)C1)C2. The van der Waals surface area contributed by atoms with E-state index in [2.05, 4.69) is 23.8 Å². The summed E-state index contributed by atoms with van der Waals surface area (Å²) in [5.41, 5.74) is 6.19. The number of hydrogen-bond acceptors (Lipinski definition) is 6. The van der Waals surface area contributed by atoms with Crippen molar-refractivity contribution in [2.75, 3.05) is 26.2 Å². The Morgan fingerprint density at radius 2 is 1.07 bits per heavy atom. The van der Waals surface area contributed by atoms with E-state index in [0.717, 1.165) is 39.9 Å².